The van der Waals surface area contributed by atoms with Crippen LogP contribution >= 0.6 is 0 Å². The first-order valence-electron chi connectivity index (χ1n) is 41.9. The first-order valence-corrected chi connectivity index (χ1v) is 41.9. The molecule has 0 radical (unpaired) electrons. The maximum Gasteiger partial charge on any atom is 0.407 e. The van der Waals surface area contributed by atoms with Gasteiger partial charge in [-0.15, -0.1) is 0 Å². The van der Waals surface area contributed by atoms with E-state index in [0.717, 1.165) is 146 Å². The van der Waals surface area contributed by atoms with Crippen LogP contribution in [0.4, 0.5) is 19.2 Å². The molecule has 10 heterocycles. The number of hydrogen-bond donors (Lipinski definition) is 8. The number of nitrogens with one attached hydrogen (secondary N) is 8. The number of carbonyl (C=O) groups is 8. The van der Waals surface area contributed by atoms with E-state index in [0.29, 0.717) is 72.2 Å². The second kappa shape index (κ2) is 35.4. The Bertz CT molecular complexity index is 4570. The number of hydrogen-bond acceptors (Lipinski definition) is 20. The van der Waals surface area contributed by atoms with Crippen molar-refractivity contribution in [2.75, 3.05) is 68.2 Å². The number of imidazole rings is 4. The molecule has 4 aromatic carbocycles. The lowest BCUT2D eigenvalue weighted by molar-refractivity contribution is -0.136. The summed E-state index contributed by atoms with van der Waals surface area (Å²) in [6, 6.07) is 13.0. The summed E-state index contributed by atoms with van der Waals surface area (Å²) in [6.45, 7) is 17.5. The van der Waals surface area contributed by atoms with Crippen molar-refractivity contribution in [3.8, 4) is 90.3 Å². The van der Waals surface area contributed by atoms with Crippen LogP contribution in [0.5, 0.6) is 23.0 Å². The average Bonchev–Trinajstić information content (AvgIpc) is 1.63. The highest BCUT2D eigenvalue weighted by Crippen LogP contribution is 2.55. The summed E-state index contributed by atoms with van der Waals surface area (Å²) in [5, 5.41) is 10.8. The largest absolute Gasteiger partial charge is 0.453 e. The van der Waals surface area contributed by atoms with Gasteiger partial charge >= 0.3 is 24.4 Å². The second-order valence-electron chi connectivity index (χ2n) is 33.3. The van der Waals surface area contributed by atoms with Crippen molar-refractivity contribution in [1.29, 1.82) is 0 Å². The standard InChI is InChI=1S/C46H58N8O6.C42H50N8O10/c1-25(2)39(51-45(57)59-5)43(55)53-21-9-15-37(53)41-47-23-35(49-41)33-19-17-31(27-11-7-13-29(27)33)32-18-20-34(30-14-8-12-28(30)32)36-24-48-42(50-36)38-16-10-22-54(38)44(56)40(26(3)4)52-46(58)60-6;1-21(2)31(47-41(53)55-5)39(51)49-15-7-9-29(49)37-43-17-27(45-37)25-13-11-23(33-35(25)59-19-57-33)24-12-14-26(36-34(24)58-20-60-36)28-18-44-38(46-28)30-10-8-16-50(30)40(52)32(22(3)4)48-42(54)56-6/h17-20,23-26,37-40H,7-16,21-22H2,1-6H3,(H,47,49)(H,48,50)(H,51,57)(H,52,58);11-14,17-18,21-22,29-32H,7-10,15-16,19-20H2,1-6H3,(H,43,45)(H,44,46)(H,47,53)(H,48,54)/t37-,38-,39-,40-;29-,30-,31-,32-/m00/s1. The van der Waals surface area contributed by atoms with Crippen molar-refractivity contribution < 1.29 is 76.3 Å². The maximum absolute atomic E-state index is 13.8. The first kappa shape index (κ1) is 83.0. The lowest BCUT2D eigenvalue weighted by atomic mass is 9.87. The normalized spacial score (nSPS) is 19.1. The Morgan fingerprint density at radius 3 is 0.817 bits per heavy atom. The van der Waals surface area contributed by atoms with E-state index in [9.17, 15) is 38.4 Å². The lowest BCUT2D eigenvalue weighted by Gasteiger charge is -2.30. The number of rotatable bonds is 22. The van der Waals surface area contributed by atoms with E-state index in [4.69, 9.17) is 57.8 Å². The Labute approximate surface area is 696 Å². The van der Waals surface area contributed by atoms with Gasteiger partial charge in [-0.2, -0.15) is 0 Å². The van der Waals surface area contributed by atoms with E-state index in [-0.39, 0.29) is 85.1 Å². The number of benzene rings is 4. The molecular weight excluding hydrogens is 1540 g/mol. The van der Waals surface area contributed by atoms with E-state index in [2.05, 4.69) is 65.5 Å². The van der Waals surface area contributed by atoms with E-state index >= 15 is 0 Å². The van der Waals surface area contributed by atoms with Crippen LogP contribution in [-0.4, -0.2) is 200 Å². The number of carbonyl (C=O) groups excluding carboxylic acids is 8. The molecule has 636 valence electrons. The molecule has 8 amide bonds. The summed E-state index contributed by atoms with van der Waals surface area (Å²) in [5.74, 6) is 3.86. The van der Waals surface area contributed by atoms with Gasteiger partial charge in [0.15, 0.2) is 23.0 Å². The third kappa shape index (κ3) is 16.2. The summed E-state index contributed by atoms with van der Waals surface area (Å²) in [4.78, 5) is 144. The fraction of sp³-hybridized carbons (Fsp3) is 0.500. The van der Waals surface area contributed by atoms with Crippen LogP contribution in [-0.2, 0) is 63.8 Å². The monoisotopic (exact) mass is 1640 g/mol. The highest BCUT2D eigenvalue weighted by molar-refractivity contribution is 5.92. The molecular formula is C88H108N16O16. The van der Waals surface area contributed by atoms with Gasteiger partial charge in [-0.25, -0.2) is 39.1 Å². The summed E-state index contributed by atoms with van der Waals surface area (Å²) in [5.41, 5.74) is 16.7. The number of fused-ring (bicyclic) bond motifs is 4. The number of H-pyrrole nitrogens is 4. The van der Waals surface area contributed by atoms with Crippen molar-refractivity contribution in [3.63, 3.8) is 0 Å². The van der Waals surface area contributed by atoms with Crippen molar-refractivity contribution in [3.05, 3.63) is 119 Å². The number of amides is 8. The molecule has 8 aliphatic rings. The number of aromatic amines is 4. The van der Waals surface area contributed by atoms with E-state index in [1.807, 2.05) is 102 Å². The fourth-order valence-electron chi connectivity index (χ4n) is 18.6. The van der Waals surface area contributed by atoms with Gasteiger partial charge in [0.05, 0.1) is 100 Å². The number of nitrogens with zero attached hydrogens (tertiary/aromatic N) is 8. The van der Waals surface area contributed by atoms with Crippen LogP contribution in [0.3, 0.4) is 0 Å². The predicted molar refractivity (Wildman–Crippen MR) is 442 cm³/mol. The summed E-state index contributed by atoms with van der Waals surface area (Å²) in [7, 11) is 5.16. The smallest absolute Gasteiger partial charge is 0.407 e. The van der Waals surface area contributed by atoms with E-state index < -0.39 is 48.5 Å². The zero-order valence-corrected chi connectivity index (χ0v) is 70.1. The van der Waals surface area contributed by atoms with Gasteiger partial charge in [0, 0.05) is 59.6 Å². The zero-order valence-electron chi connectivity index (χ0n) is 70.1. The summed E-state index contributed by atoms with van der Waals surface area (Å²) >= 11 is 0. The molecule has 8 atom stereocenters. The maximum atomic E-state index is 13.8. The van der Waals surface area contributed by atoms with Crippen LogP contribution < -0.4 is 40.2 Å². The highest BCUT2D eigenvalue weighted by atomic mass is 16.7. The molecule has 120 heavy (non-hydrogen) atoms. The molecule has 4 fully saturated rings. The van der Waals surface area contributed by atoms with Crippen LogP contribution in [0.2, 0.25) is 0 Å². The minimum atomic E-state index is -0.738. The molecule has 0 spiro atoms. The van der Waals surface area contributed by atoms with E-state index in [1.165, 1.54) is 61.8 Å². The number of ether oxygens (including phenoxy) is 8. The Morgan fingerprint density at radius 1 is 0.333 bits per heavy atom. The SMILES string of the molecule is COC(=O)N[C@H](C(=O)N1CCC[C@H]1c1ncc(-c2ccc(-c3ccc(-c4cnc([C@@H]5CCCN5C(=O)[C@@H](NC(=O)OC)C(C)C)[nH]4)c4c3CCC4)c3c2CCC3)[nH]1)C(C)C.COC(=O)N[C@H](C(=O)N1CCC[C@H]1c1ncc(-c2ccc(-c3ccc(-c4cnc([C@@H]5CCCN5C(=O)[C@@H](NC(=O)OC)C(C)C)[nH]4)c4c3OCO4)c3c2OCO3)[nH]1)C(C)C. The van der Waals surface area contributed by atoms with Gasteiger partial charge in [-0.1, -0.05) is 79.7 Å². The summed E-state index contributed by atoms with van der Waals surface area (Å²) in [6.07, 6.45) is 17.3. The van der Waals surface area contributed by atoms with Gasteiger partial charge in [-0.05, 0) is 171 Å². The summed E-state index contributed by atoms with van der Waals surface area (Å²) < 4.78 is 43.5. The molecule has 6 aliphatic heterocycles. The third-order valence-corrected chi connectivity index (χ3v) is 24.7. The third-order valence-electron chi connectivity index (χ3n) is 24.7. The first-order chi connectivity index (χ1) is 58.0. The van der Waals surface area contributed by atoms with Crippen molar-refractivity contribution in [2.45, 2.75) is 194 Å². The molecule has 8 aromatic rings. The highest BCUT2D eigenvalue weighted by Gasteiger charge is 2.44. The lowest BCUT2D eigenvalue weighted by Crippen LogP contribution is -2.51. The van der Waals surface area contributed by atoms with Gasteiger partial charge in [0.25, 0.3) is 0 Å². The number of aromatic nitrogens is 8. The zero-order chi connectivity index (χ0) is 84.5. The van der Waals surface area contributed by atoms with E-state index in [1.54, 1.807) is 22.2 Å². The van der Waals surface area contributed by atoms with Crippen LogP contribution in [0.25, 0.3) is 67.3 Å². The molecule has 32 nitrogen and oxygen atoms in total. The molecule has 2 aliphatic carbocycles. The predicted octanol–water partition coefficient (Wildman–Crippen LogP) is 12.9. The van der Waals surface area contributed by atoms with Crippen LogP contribution in [0.1, 0.15) is 189 Å². The fourth-order valence-corrected chi connectivity index (χ4v) is 18.6. The van der Waals surface area contributed by atoms with Gasteiger partial charge in [0.1, 0.15) is 47.5 Å². The Morgan fingerprint density at radius 2 is 0.558 bits per heavy atom. The van der Waals surface area contributed by atoms with Crippen molar-refractivity contribution >= 4 is 48.0 Å². The van der Waals surface area contributed by atoms with Crippen LogP contribution in [0, 0.1) is 23.7 Å². The minimum Gasteiger partial charge on any atom is -0.453 e. The number of alkyl carbamates (subject to hydrolysis) is 4. The van der Waals surface area contributed by atoms with Gasteiger partial charge in [0.2, 0.25) is 37.2 Å². The molecule has 0 bridgehead atoms. The molecule has 0 saturated carbocycles. The Kier molecular flexibility index (Phi) is 24.5. The molecule has 8 N–H and O–H groups in total. The second-order valence-corrected chi connectivity index (χ2v) is 33.3. The van der Waals surface area contributed by atoms with Crippen molar-refractivity contribution in [2.24, 2.45) is 23.7 Å². The molecule has 0 unspecified atom stereocenters. The molecule has 4 aromatic heterocycles. The molecule has 32 heteroatoms. The molecule has 4 saturated heterocycles. The van der Waals surface area contributed by atoms with Crippen molar-refractivity contribution in [1.82, 2.24) is 80.7 Å². The Balaban J connectivity index is 0.000000187. The minimum absolute atomic E-state index is 0.0148. The van der Waals surface area contributed by atoms with Gasteiger partial charge < -0.3 is 98.7 Å². The quantitative estimate of drug-likeness (QED) is 0.0292. The van der Waals surface area contributed by atoms with Crippen LogP contribution in [0.15, 0.2) is 73.3 Å². The van der Waals surface area contributed by atoms with Gasteiger partial charge in [-0.3, -0.25) is 19.2 Å². The number of likely N-dealkylation sites (tertiary alicyclic amines) is 4. The molecule has 16 rings (SSSR count). The topological polar surface area (TPSA) is 386 Å². The number of methoxy groups -OCH3 is 4. The average molecular weight is 1650 g/mol. The Hall–Kier alpha value is -12.1.